The molecule has 0 radical (unpaired) electrons. The van der Waals surface area contributed by atoms with Gasteiger partial charge in [0.15, 0.2) is 0 Å². The second-order valence-corrected chi connectivity index (χ2v) is 5.45. The van der Waals surface area contributed by atoms with Gasteiger partial charge in [0.1, 0.15) is 11.6 Å². The Kier molecular flexibility index (Phi) is 4.79. The van der Waals surface area contributed by atoms with Crippen molar-refractivity contribution in [1.82, 2.24) is 15.1 Å². The van der Waals surface area contributed by atoms with Gasteiger partial charge in [-0.25, -0.2) is 4.39 Å². The van der Waals surface area contributed by atoms with E-state index in [9.17, 15) is 4.39 Å². The average molecular weight is 275 g/mol. The van der Waals surface area contributed by atoms with Crippen LogP contribution in [-0.2, 0) is 6.54 Å². The molecule has 108 valence electrons. The first-order valence-electron chi connectivity index (χ1n) is 6.78. The summed E-state index contributed by atoms with van der Waals surface area (Å²) in [5.41, 5.74) is 2.47. The van der Waals surface area contributed by atoms with Crippen molar-refractivity contribution in [2.45, 2.75) is 6.54 Å². The quantitative estimate of drug-likeness (QED) is 0.888. The first-order chi connectivity index (χ1) is 9.54. The van der Waals surface area contributed by atoms with Crippen LogP contribution in [0.4, 0.5) is 4.39 Å². The lowest BCUT2D eigenvalue weighted by Gasteiger charge is -2.29. The Hall–Kier alpha value is -1.81. The maximum Gasteiger partial charge on any atom is 0.123 e. The highest BCUT2D eigenvalue weighted by Crippen LogP contribution is 2.12. The molecule has 1 N–H and O–H groups in total. The van der Waals surface area contributed by atoms with Crippen molar-refractivity contribution in [1.29, 1.82) is 0 Å². The zero-order valence-corrected chi connectivity index (χ0v) is 12.4. The molecule has 1 aromatic carbocycles. The summed E-state index contributed by atoms with van der Waals surface area (Å²) in [5, 5.41) is 3.39. The summed E-state index contributed by atoms with van der Waals surface area (Å²) in [6.45, 7) is 2.61. The summed E-state index contributed by atoms with van der Waals surface area (Å²) in [4.78, 5) is 4.37. The van der Waals surface area contributed by atoms with Crippen LogP contribution in [0.25, 0.3) is 0 Å². The zero-order valence-electron chi connectivity index (χ0n) is 12.4. The molecular formula is C16H22FN3. The maximum absolute atomic E-state index is 12.8. The molecule has 0 atom stereocenters. The van der Waals surface area contributed by atoms with E-state index in [4.69, 9.17) is 0 Å². The topological polar surface area (TPSA) is 18.5 Å². The molecule has 20 heavy (non-hydrogen) atoms. The van der Waals surface area contributed by atoms with Gasteiger partial charge in [-0.2, -0.15) is 0 Å². The first kappa shape index (κ1) is 14.6. The summed E-state index contributed by atoms with van der Waals surface area (Å²) in [5.74, 6) is 0.899. The highest BCUT2D eigenvalue weighted by atomic mass is 19.1. The molecule has 0 amide bonds. The van der Waals surface area contributed by atoms with Gasteiger partial charge in [-0.15, -0.1) is 0 Å². The lowest BCUT2D eigenvalue weighted by molar-refractivity contribution is 0.375. The second-order valence-electron chi connectivity index (χ2n) is 5.45. The van der Waals surface area contributed by atoms with Crippen molar-refractivity contribution < 1.29 is 4.39 Å². The van der Waals surface area contributed by atoms with Gasteiger partial charge >= 0.3 is 0 Å². The van der Waals surface area contributed by atoms with Crippen LogP contribution in [0.3, 0.4) is 0 Å². The smallest absolute Gasteiger partial charge is 0.123 e. The lowest BCUT2D eigenvalue weighted by Crippen LogP contribution is -2.33. The van der Waals surface area contributed by atoms with E-state index < -0.39 is 0 Å². The Labute approximate surface area is 120 Å². The fourth-order valence-corrected chi connectivity index (χ4v) is 2.26. The molecule has 1 aromatic rings. The van der Waals surface area contributed by atoms with Gasteiger partial charge in [-0.3, -0.25) is 0 Å². The minimum Gasteiger partial charge on any atom is -0.368 e. The van der Waals surface area contributed by atoms with E-state index in [2.05, 4.69) is 48.4 Å². The van der Waals surface area contributed by atoms with Gasteiger partial charge in [0.25, 0.3) is 0 Å². The van der Waals surface area contributed by atoms with Gasteiger partial charge in [0.05, 0.1) is 0 Å². The molecule has 0 unspecified atom stereocenters. The predicted octanol–water partition coefficient (Wildman–Crippen LogP) is 2.19. The molecule has 1 aliphatic heterocycles. The molecule has 1 aliphatic rings. The fourth-order valence-electron chi connectivity index (χ4n) is 2.26. The Bertz CT molecular complexity index is 503. The van der Waals surface area contributed by atoms with Crippen LogP contribution in [-0.4, -0.2) is 44.0 Å². The first-order valence-corrected chi connectivity index (χ1v) is 6.78. The molecule has 0 spiro atoms. The number of nitrogens with zero attached hydrogens (tertiary/aromatic N) is 2. The van der Waals surface area contributed by atoms with Crippen LogP contribution in [0.15, 0.2) is 47.8 Å². The van der Waals surface area contributed by atoms with Crippen molar-refractivity contribution >= 4 is 0 Å². The Balaban J connectivity index is 1.94. The van der Waals surface area contributed by atoms with Gasteiger partial charge in [0.2, 0.25) is 0 Å². The number of allylic oxidation sites excluding steroid dienone is 2. The second kappa shape index (κ2) is 6.57. The summed E-state index contributed by atoms with van der Waals surface area (Å²) in [6.07, 6.45) is 4.28. The van der Waals surface area contributed by atoms with Crippen molar-refractivity contribution in [3.8, 4) is 0 Å². The fraction of sp³-hybridized carbons (Fsp3) is 0.375. The molecule has 0 saturated heterocycles. The van der Waals surface area contributed by atoms with E-state index in [-0.39, 0.29) is 5.82 Å². The third-order valence-electron chi connectivity index (χ3n) is 3.23. The number of hydrogen-bond acceptors (Lipinski definition) is 3. The molecule has 0 saturated carbocycles. The molecule has 0 aliphatic carbocycles. The lowest BCUT2D eigenvalue weighted by atomic mass is 10.1. The van der Waals surface area contributed by atoms with Gasteiger partial charge in [-0.1, -0.05) is 18.2 Å². The summed E-state index contributed by atoms with van der Waals surface area (Å²) in [7, 11) is 6.23. The highest BCUT2D eigenvalue weighted by molar-refractivity contribution is 5.25. The molecule has 0 aromatic heterocycles. The third-order valence-corrected chi connectivity index (χ3v) is 3.23. The number of benzene rings is 1. The number of rotatable bonds is 5. The van der Waals surface area contributed by atoms with E-state index in [0.29, 0.717) is 6.54 Å². The Morgan fingerprint density at radius 3 is 2.50 bits per heavy atom. The Morgan fingerprint density at radius 1 is 1.20 bits per heavy atom. The van der Waals surface area contributed by atoms with E-state index >= 15 is 0 Å². The SMILES string of the molecule is CN(C)CC1=CC=C(NCc2ccc(F)cc2)N(C)C1. The molecule has 3 nitrogen and oxygen atoms in total. The van der Waals surface area contributed by atoms with Gasteiger partial charge in [0, 0.05) is 26.7 Å². The number of hydrogen-bond donors (Lipinski definition) is 1. The third kappa shape index (κ3) is 4.10. The zero-order chi connectivity index (χ0) is 14.5. The number of likely N-dealkylation sites (N-methyl/N-ethyl adjacent to an activating group) is 2. The van der Waals surface area contributed by atoms with E-state index in [1.54, 1.807) is 12.1 Å². The minimum absolute atomic E-state index is 0.195. The molecule has 0 fully saturated rings. The number of halogens is 1. The van der Waals surface area contributed by atoms with Crippen molar-refractivity contribution in [3.63, 3.8) is 0 Å². The van der Waals surface area contributed by atoms with E-state index in [1.165, 1.54) is 17.7 Å². The van der Waals surface area contributed by atoms with Crippen LogP contribution in [0.1, 0.15) is 5.56 Å². The molecule has 0 bridgehead atoms. The summed E-state index contributed by atoms with van der Waals surface area (Å²) >= 11 is 0. The van der Waals surface area contributed by atoms with Gasteiger partial charge < -0.3 is 15.1 Å². The number of nitrogens with one attached hydrogen (secondary N) is 1. The summed E-state index contributed by atoms with van der Waals surface area (Å²) < 4.78 is 12.8. The van der Waals surface area contributed by atoms with Crippen LogP contribution in [0, 0.1) is 5.82 Å². The van der Waals surface area contributed by atoms with Crippen LogP contribution >= 0.6 is 0 Å². The molecule has 4 heteroatoms. The summed E-state index contributed by atoms with van der Waals surface area (Å²) in [6, 6.07) is 6.59. The van der Waals surface area contributed by atoms with E-state index in [0.717, 1.165) is 24.5 Å². The van der Waals surface area contributed by atoms with Crippen LogP contribution in [0.2, 0.25) is 0 Å². The van der Waals surface area contributed by atoms with Crippen molar-refractivity contribution in [3.05, 3.63) is 59.2 Å². The van der Waals surface area contributed by atoms with Crippen LogP contribution in [0.5, 0.6) is 0 Å². The van der Waals surface area contributed by atoms with Crippen LogP contribution < -0.4 is 5.32 Å². The monoisotopic (exact) mass is 275 g/mol. The molecular weight excluding hydrogens is 253 g/mol. The van der Waals surface area contributed by atoms with Gasteiger partial charge in [-0.05, 0) is 43.4 Å². The predicted molar refractivity (Wildman–Crippen MR) is 80.6 cm³/mol. The van der Waals surface area contributed by atoms with E-state index in [1.807, 2.05) is 0 Å². The normalized spacial score (nSPS) is 15.2. The average Bonchev–Trinajstić information content (AvgIpc) is 2.39. The minimum atomic E-state index is -0.195. The molecule has 2 rings (SSSR count). The standard InChI is InChI=1S/C16H22FN3/c1-19(2)11-14-6-9-16(20(3)12-14)18-10-13-4-7-15(17)8-5-13/h4-9,18H,10-12H2,1-3H3. The molecule has 1 heterocycles. The largest absolute Gasteiger partial charge is 0.368 e. The highest BCUT2D eigenvalue weighted by Gasteiger charge is 2.11. The van der Waals surface area contributed by atoms with Crippen molar-refractivity contribution in [2.75, 3.05) is 34.2 Å². The Morgan fingerprint density at radius 2 is 1.90 bits per heavy atom. The van der Waals surface area contributed by atoms with Crippen molar-refractivity contribution in [2.24, 2.45) is 0 Å². The maximum atomic E-state index is 12.8.